The van der Waals surface area contributed by atoms with Crippen LogP contribution in [0, 0.1) is 5.82 Å². The van der Waals surface area contributed by atoms with Crippen LogP contribution in [0.25, 0.3) is 16.7 Å². The largest absolute Gasteiger partial charge is 0.507 e. The van der Waals surface area contributed by atoms with Crippen molar-refractivity contribution < 1.29 is 23.8 Å². The molecular formula is C21H17ClFNO4. The third kappa shape index (κ3) is 4.23. The maximum atomic E-state index is 13.1. The summed E-state index contributed by atoms with van der Waals surface area (Å²) in [6.45, 7) is 2.06. The van der Waals surface area contributed by atoms with Crippen molar-refractivity contribution in [1.82, 2.24) is 4.57 Å². The van der Waals surface area contributed by atoms with Crippen molar-refractivity contribution in [2.45, 2.75) is 13.5 Å². The summed E-state index contributed by atoms with van der Waals surface area (Å²) in [5.41, 5.74) is 1.95. The molecular weight excluding hydrogens is 385 g/mol. The molecule has 0 amide bonds. The smallest absolute Gasteiger partial charge is 0.379 e. The van der Waals surface area contributed by atoms with Gasteiger partial charge in [-0.05, 0) is 42.8 Å². The lowest BCUT2D eigenvalue weighted by Gasteiger charge is -2.05. The molecule has 2 aromatic carbocycles. The highest BCUT2D eigenvalue weighted by molar-refractivity contribution is 6.39. The summed E-state index contributed by atoms with van der Waals surface area (Å²) in [6.07, 6.45) is 2.48. The number of hydrogen-bond donors (Lipinski definition) is 1. The second kappa shape index (κ2) is 8.27. The van der Waals surface area contributed by atoms with Crippen LogP contribution in [0.5, 0.6) is 0 Å². The van der Waals surface area contributed by atoms with E-state index in [2.05, 4.69) is 4.74 Å². The molecule has 0 saturated carbocycles. The summed E-state index contributed by atoms with van der Waals surface area (Å²) in [5, 5.41) is 11.5. The van der Waals surface area contributed by atoms with E-state index in [9.17, 15) is 19.1 Å². The standard InChI is InChI=1S/C21H17ClFNO4/c1-2-28-21(27)20(26)10-19(25)17-12-24(11-13-3-6-15(23)7-4-13)18-8-5-14(22)9-16(17)18/h3-10,12,25H,2,11H2,1H3/b19-10-. The molecule has 0 bridgehead atoms. The Bertz CT molecular complexity index is 1070. The molecule has 0 aliphatic heterocycles. The Morgan fingerprint density at radius 1 is 1.21 bits per heavy atom. The van der Waals surface area contributed by atoms with Gasteiger partial charge in [0.1, 0.15) is 11.6 Å². The third-order valence-corrected chi connectivity index (χ3v) is 4.36. The van der Waals surface area contributed by atoms with Gasteiger partial charge in [0.05, 0.1) is 6.61 Å². The van der Waals surface area contributed by atoms with Gasteiger partial charge >= 0.3 is 5.97 Å². The predicted molar refractivity (Wildman–Crippen MR) is 105 cm³/mol. The minimum Gasteiger partial charge on any atom is -0.507 e. The quantitative estimate of drug-likeness (QED) is 0.285. The molecule has 28 heavy (non-hydrogen) atoms. The van der Waals surface area contributed by atoms with Gasteiger partial charge in [0, 0.05) is 40.3 Å². The summed E-state index contributed by atoms with van der Waals surface area (Å²) in [4.78, 5) is 23.4. The monoisotopic (exact) mass is 401 g/mol. The van der Waals surface area contributed by atoms with Crippen molar-refractivity contribution in [2.75, 3.05) is 6.61 Å². The van der Waals surface area contributed by atoms with E-state index in [1.165, 1.54) is 12.1 Å². The molecule has 144 valence electrons. The van der Waals surface area contributed by atoms with Gasteiger partial charge in [-0.3, -0.25) is 4.79 Å². The fourth-order valence-corrected chi connectivity index (χ4v) is 3.03. The first-order valence-electron chi connectivity index (χ1n) is 8.54. The first kappa shape index (κ1) is 19.6. The second-order valence-electron chi connectivity index (χ2n) is 6.07. The SMILES string of the molecule is CCOC(=O)C(=O)/C=C(\O)c1cn(Cc2ccc(F)cc2)c2ccc(Cl)cc12. The average molecular weight is 402 g/mol. The lowest BCUT2D eigenvalue weighted by molar-refractivity contribution is -0.151. The minimum atomic E-state index is -1.04. The van der Waals surface area contributed by atoms with E-state index in [0.717, 1.165) is 17.2 Å². The highest BCUT2D eigenvalue weighted by atomic mass is 35.5. The molecule has 5 nitrogen and oxygen atoms in total. The molecule has 0 spiro atoms. The summed E-state index contributed by atoms with van der Waals surface area (Å²) < 4.78 is 19.6. The number of halogens is 2. The average Bonchev–Trinajstić information content (AvgIpc) is 3.01. The Morgan fingerprint density at radius 2 is 1.93 bits per heavy atom. The topological polar surface area (TPSA) is 68.5 Å². The van der Waals surface area contributed by atoms with Crippen LogP contribution >= 0.6 is 11.6 Å². The number of fused-ring (bicyclic) bond motifs is 1. The number of benzene rings is 2. The van der Waals surface area contributed by atoms with Gasteiger partial charge in [0.15, 0.2) is 0 Å². The van der Waals surface area contributed by atoms with Gasteiger partial charge in [-0.25, -0.2) is 9.18 Å². The van der Waals surface area contributed by atoms with Gasteiger partial charge in [0.25, 0.3) is 5.78 Å². The Morgan fingerprint density at radius 3 is 2.61 bits per heavy atom. The molecule has 0 aliphatic rings. The molecule has 7 heteroatoms. The maximum Gasteiger partial charge on any atom is 0.379 e. The number of aliphatic hydroxyl groups is 1. The first-order valence-corrected chi connectivity index (χ1v) is 8.91. The van der Waals surface area contributed by atoms with E-state index in [1.54, 1.807) is 43.5 Å². The van der Waals surface area contributed by atoms with Crippen LogP contribution in [0.15, 0.2) is 54.7 Å². The number of carbonyl (C=O) groups excluding carboxylic acids is 2. The van der Waals surface area contributed by atoms with Gasteiger partial charge < -0.3 is 14.4 Å². The van der Waals surface area contributed by atoms with E-state index in [0.29, 0.717) is 22.5 Å². The Hall–Kier alpha value is -3.12. The Labute approximate surface area is 165 Å². The van der Waals surface area contributed by atoms with Crippen molar-refractivity contribution in [2.24, 2.45) is 0 Å². The van der Waals surface area contributed by atoms with Crippen LogP contribution in [-0.2, 0) is 20.9 Å². The van der Waals surface area contributed by atoms with Crippen LogP contribution < -0.4 is 0 Å². The maximum absolute atomic E-state index is 13.1. The number of hydrogen-bond acceptors (Lipinski definition) is 4. The molecule has 0 saturated heterocycles. The first-order chi connectivity index (χ1) is 13.4. The zero-order valence-corrected chi connectivity index (χ0v) is 15.7. The van der Waals surface area contributed by atoms with Gasteiger partial charge in [-0.2, -0.15) is 0 Å². The van der Waals surface area contributed by atoms with Crippen LogP contribution in [0.1, 0.15) is 18.1 Å². The fraction of sp³-hybridized carbons (Fsp3) is 0.143. The molecule has 0 fully saturated rings. The summed E-state index contributed by atoms with van der Waals surface area (Å²) in [6, 6.07) is 11.2. The molecule has 0 unspecified atom stereocenters. The number of ketones is 1. The molecule has 1 aromatic heterocycles. The highest BCUT2D eigenvalue weighted by Crippen LogP contribution is 2.29. The number of carbonyl (C=O) groups is 2. The van der Waals surface area contributed by atoms with E-state index in [1.807, 2.05) is 4.57 Å². The van der Waals surface area contributed by atoms with E-state index in [-0.39, 0.29) is 18.2 Å². The second-order valence-corrected chi connectivity index (χ2v) is 6.51. The van der Waals surface area contributed by atoms with Crippen molar-refractivity contribution in [1.29, 1.82) is 0 Å². The van der Waals surface area contributed by atoms with Gasteiger partial charge in [-0.15, -0.1) is 0 Å². The fourth-order valence-electron chi connectivity index (χ4n) is 2.85. The molecule has 0 aliphatic carbocycles. The van der Waals surface area contributed by atoms with Crippen LogP contribution in [-0.4, -0.2) is 28.0 Å². The number of rotatable bonds is 6. The van der Waals surface area contributed by atoms with Crippen molar-refractivity contribution >= 4 is 40.0 Å². The van der Waals surface area contributed by atoms with Crippen molar-refractivity contribution in [3.05, 3.63) is 76.7 Å². The summed E-state index contributed by atoms with van der Waals surface area (Å²) in [7, 11) is 0. The van der Waals surface area contributed by atoms with Gasteiger partial charge in [0.2, 0.25) is 0 Å². The van der Waals surface area contributed by atoms with E-state index >= 15 is 0 Å². The molecule has 1 heterocycles. The van der Waals surface area contributed by atoms with Crippen molar-refractivity contribution in [3.8, 4) is 0 Å². The zero-order valence-electron chi connectivity index (χ0n) is 15.0. The molecule has 3 aromatic rings. The van der Waals surface area contributed by atoms with Crippen LogP contribution in [0.3, 0.4) is 0 Å². The van der Waals surface area contributed by atoms with Crippen LogP contribution in [0.4, 0.5) is 4.39 Å². The van der Waals surface area contributed by atoms with E-state index < -0.39 is 11.8 Å². The van der Waals surface area contributed by atoms with E-state index in [4.69, 9.17) is 11.6 Å². The van der Waals surface area contributed by atoms with Crippen molar-refractivity contribution in [3.63, 3.8) is 0 Å². The number of nitrogens with zero attached hydrogens (tertiary/aromatic N) is 1. The molecule has 0 atom stereocenters. The number of aromatic nitrogens is 1. The summed E-state index contributed by atoms with van der Waals surface area (Å²) in [5.74, 6) is -2.70. The lowest BCUT2D eigenvalue weighted by atomic mass is 10.1. The zero-order chi connectivity index (χ0) is 20.3. The molecule has 0 radical (unpaired) electrons. The third-order valence-electron chi connectivity index (χ3n) is 4.13. The van der Waals surface area contributed by atoms with Crippen LogP contribution in [0.2, 0.25) is 5.02 Å². The molecule has 3 rings (SSSR count). The summed E-state index contributed by atoms with van der Waals surface area (Å²) >= 11 is 6.09. The highest BCUT2D eigenvalue weighted by Gasteiger charge is 2.17. The normalized spacial score (nSPS) is 11.6. The Kier molecular flexibility index (Phi) is 5.80. The van der Waals surface area contributed by atoms with Gasteiger partial charge in [-0.1, -0.05) is 23.7 Å². The molecule has 1 N–H and O–H groups in total. The lowest BCUT2D eigenvalue weighted by Crippen LogP contribution is -2.15. The number of aliphatic hydroxyl groups excluding tert-OH is 1. The number of esters is 1. The predicted octanol–water partition coefficient (Wildman–Crippen LogP) is 4.51. The minimum absolute atomic E-state index is 0.0613. The Balaban J connectivity index is 2.02. The number of ether oxygens (including phenoxy) is 1.